The standard InChI is InChI=1S/C17H17F2N3O3/c1-25-14-3-2-9(7-20-14)15(10-4-12(23)5-10)22-17(24)16-13(19)6-11(18)8-21-16/h2-3,6-8,10,12,15,23H,4-5H2,1H3,(H,22,24). The molecule has 2 heterocycles. The lowest BCUT2D eigenvalue weighted by molar-refractivity contribution is 0.0233. The number of methoxy groups -OCH3 is 1. The molecular weight excluding hydrogens is 332 g/mol. The van der Waals surface area contributed by atoms with Gasteiger partial charge in [-0.15, -0.1) is 0 Å². The van der Waals surface area contributed by atoms with E-state index in [2.05, 4.69) is 15.3 Å². The predicted octanol–water partition coefficient (Wildman–Crippen LogP) is 2.01. The molecule has 132 valence electrons. The first-order valence-corrected chi connectivity index (χ1v) is 7.78. The molecule has 1 amide bonds. The Morgan fingerprint density at radius 1 is 1.32 bits per heavy atom. The van der Waals surface area contributed by atoms with Crippen molar-refractivity contribution in [1.82, 2.24) is 15.3 Å². The van der Waals surface area contributed by atoms with E-state index in [9.17, 15) is 18.7 Å². The van der Waals surface area contributed by atoms with Gasteiger partial charge in [0.1, 0.15) is 5.82 Å². The third-order valence-corrected chi connectivity index (χ3v) is 4.26. The van der Waals surface area contributed by atoms with Gasteiger partial charge in [0.25, 0.3) is 5.91 Å². The van der Waals surface area contributed by atoms with Crippen LogP contribution in [0.15, 0.2) is 30.6 Å². The van der Waals surface area contributed by atoms with E-state index in [1.807, 2.05) is 0 Å². The zero-order valence-corrected chi connectivity index (χ0v) is 13.4. The van der Waals surface area contributed by atoms with Gasteiger partial charge < -0.3 is 15.2 Å². The summed E-state index contributed by atoms with van der Waals surface area (Å²) in [6.07, 6.45) is 2.95. The van der Waals surface area contributed by atoms with Crippen LogP contribution in [0.25, 0.3) is 0 Å². The Morgan fingerprint density at radius 3 is 2.64 bits per heavy atom. The number of nitrogens with one attached hydrogen (secondary N) is 1. The molecule has 1 fully saturated rings. The van der Waals surface area contributed by atoms with Crippen LogP contribution in [0, 0.1) is 17.6 Å². The van der Waals surface area contributed by atoms with Crippen LogP contribution >= 0.6 is 0 Å². The molecular formula is C17H17F2N3O3. The molecule has 1 atom stereocenters. The molecule has 0 bridgehead atoms. The zero-order valence-electron chi connectivity index (χ0n) is 13.4. The van der Waals surface area contributed by atoms with Crippen molar-refractivity contribution in [3.05, 3.63) is 53.5 Å². The number of carbonyl (C=O) groups excluding carboxylic acids is 1. The Kier molecular flexibility index (Phi) is 4.89. The number of ether oxygens (including phenoxy) is 1. The van der Waals surface area contributed by atoms with E-state index in [-0.39, 0.29) is 5.92 Å². The van der Waals surface area contributed by atoms with Crippen molar-refractivity contribution >= 4 is 5.91 Å². The largest absolute Gasteiger partial charge is 0.481 e. The first kappa shape index (κ1) is 17.2. The molecule has 0 spiro atoms. The average molecular weight is 349 g/mol. The third kappa shape index (κ3) is 3.74. The highest BCUT2D eigenvalue weighted by molar-refractivity contribution is 5.92. The van der Waals surface area contributed by atoms with Crippen molar-refractivity contribution in [3.8, 4) is 5.88 Å². The van der Waals surface area contributed by atoms with Crippen LogP contribution in [0.1, 0.15) is 34.9 Å². The van der Waals surface area contributed by atoms with Crippen molar-refractivity contribution < 1.29 is 23.4 Å². The second-order valence-electron chi connectivity index (χ2n) is 5.95. The predicted molar refractivity (Wildman–Crippen MR) is 83.9 cm³/mol. The number of nitrogens with zero attached hydrogens (tertiary/aromatic N) is 2. The fraction of sp³-hybridized carbons (Fsp3) is 0.353. The Morgan fingerprint density at radius 2 is 2.08 bits per heavy atom. The minimum atomic E-state index is -1.03. The summed E-state index contributed by atoms with van der Waals surface area (Å²) in [6.45, 7) is 0. The van der Waals surface area contributed by atoms with Crippen LogP contribution in [0.4, 0.5) is 8.78 Å². The monoisotopic (exact) mass is 349 g/mol. The second-order valence-corrected chi connectivity index (χ2v) is 5.95. The van der Waals surface area contributed by atoms with E-state index in [0.717, 1.165) is 6.20 Å². The fourth-order valence-corrected chi connectivity index (χ4v) is 2.86. The SMILES string of the molecule is COc1ccc(C(NC(=O)c2ncc(F)cc2F)C2CC(O)C2)cn1. The van der Waals surface area contributed by atoms with Crippen molar-refractivity contribution in [1.29, 1.82) is 0 Å². The van der Waals surface area contributed by atoms with Crippen LogP contribution in [-0.2, 0) is 0 Å². The van der Waals surface area contributed by atoms with Gasteiger partial charge in [-0.1, -0.05) is 6.07 Å². The number of rotatable bonds is 5. The average Bonchev–Trinajstić information content (AvgIpc) is 2.57. The third-order valence-electron chi connectivity index (χ3n) is 4.26. The van der Waals surface area contributed by atoms with Crippen LogP contribution in [-0.4, -0.2) is 34.2 Å². The van der Waals surface area contributed by atoms with Crippen molar-refractivity contribution in [2.24, 2.45) is 5.92 Å². The van der Waals surface area contributed by atoms with Crippen LogP contribution < -0.4 is 10.1 Å². The summed E-state index contributed by atoms with van der Waals surface area (Å²) in [5, 5.41) is 12.3. The molecule has 0 radical (unpaired) electrons. The molecule has 0 aliphatic heterocycles. The highest BCUT2D eigenvalue weighted by Crippen LogP contribution is 2.38. The molecule has 1 saturated carbocycles. The van der Waals surface area contributed by atoms with Gasteiger partial charge in [0.05, 0.1) is 25.5 Å². The van der Waals surface area contributed by atoms with E-state index in [1.54, 1.807) is 18.3 Å². The van der Waals surface area contributed by atoms with Crippen LogP contribution in [0.3, 0.4) is 0 Å². The normalized spacial score (nSPS) is 20.5. The van der Waals surface area contributed by atoms with Gasteiger partial charge in [0, 0.05) is 18.3 Å². The summed E-state index contributed by atoms with van der Waals surface area (Å²) >= 11 is 0. The van der Waals surface area contributed by atoms with Crippen molar-refractivity contribution in [3.63, 3.8) is 0 Å². The number of carbonyl (C=O) groups is 1. The zero-order chi connectivity index (χ0) is 18.0. The molecule has 6 nitrogen and oxygen atoms in total. The maximum atomic E-state index is 13.8. The van der Waals surface area contributed by atoms with Crippen molar-refractivity contribution in [2.45, 2.75) is 25.0 Å². The summed E-state index contributed by atoms with van der Waals surface area (Å²) in [7, 11) is 1.49. The number of aromatic nitrogens is 2. The molecule has 3 rings (SSSR count). The number of amides is 1. The molecule has 2 aromatic rings. The van der Waals surface area contributed by atoms with Gasteiger partial charge in [-0.05, 0) is 24.3 Å². The molecule has 1 aliphatic carbocycles. The lowest BCUT2D eigenvalue weighted by atomic mass is 9.75. The first-order valence-electron chi connectivity index (χ1n) is 7.78. The lowest BCUT2D eigenvalue weighted by Crippen LogP contribution is -2.41. The number of pyridine rings is 2. The first-order chi connectivity index (χ1) is 12.0. The Hall–Kier alpha value is -2.61. The summed E-state index contributed by atoms with van der Waals surface area (Å²) < 4.78 is 31.8. The van der Waals surface area contributed by atoms with Gasteiger partial charge in [-0.25, -0.2) is 18.7 Å². The molecule has 0 saturated heterocycles. The highest BCUT2D eigenvalue weighted by atomic mass is 19.1. The summed E-state index contributed by atoms with van der Waals surface area (Å²) in [4.78, 5) is 20.0. The van der Waals surface area contributed by atoms with E-state index < -0.39 is 35.4 Å². The van der Waals surface area contributed by atoms with E-state index >= 15 is 0 Å². The maximum Gasteiger partial charge on any atom is 0.273 e. The van der Waals surface area contributed by atoms with Crippen LogP contribution in [0.5, 0.6) is 5.88 Å². The van der Waals surface area contributed by atoms with Gasteiger partial charge >= 0.3 is 0 Å². The summed E-state index contributed by atoms with van der Waals surface area (Å²) in [5.41, 5.74) is 0.223. The quantitative estimate of drug-likeness (QED) is 0.863. The van der Waals surface area contributed by atoms with Gasteiger partial charge in [-0.3, -0.25) is 4.79 Å². The number of aliphatic hydroxyl groups excluding tert-OH is 1. The maximum absolute atomic E-state index is 13.8. The minimum Gasteiger partial charge on any atom is -0.481 e. The van der Waals surface area contributed by atoms with E-state index in [1.165, 1.54) is 7.11 Å². The van der Waals surface area contributed by atoms with Crippen LogP contribution in [0.2, 0.25) is 0 Å². The molecule has 2 aromatic heterocycles. The van der Waals surface area contributed by atoms with Gasteiger partial charge in [-0.2, -0.15) is 0 Å². The molecule has 1 aliphatic rings. The number of hydrogen-bond donors (Lipinski definition) is 2. The summed E-state index contributed by atoms with van der Waals surface area (Å²) in [5.74, 6) is -2.23. The second kappa shape index (κ2) is 7.10. The lowest BCUT2D eigenvalue weighted by Gasteiger charge is -2.38. The Bertz CT molecular complexity index is 764. The number of halogens is 2. The molecule has 2 N–H and O–H groups in total. The smallest absolute Gasteiger partial charge is 0.273 e. The van der Waals surface area contributed by atoms with Gasteiger partial charge in [0.15, 0.2) is 11.5 Å². The fourth-order valence-electron chi connectivity index (χ4n) is 2.86. The van der Waals surface area contributed by atoms with Gasteiger partial charge in [0.2, 0.25) is 5.88 Å². The van der Waals surface area contributed by atoms with E-state index in [0.29, 0.717) is 30.4 Å². The minimum absolute atomic E-state index is 0.0161. The Labute approximate surface area is 142 Å². The van der Waals surface area contributed by atoms with Crippen molar-refractivity contribution in [2.75, 3.05) is 7.11 Å². The highest BCUT2D eigenvalue weighted by Gasteiger charge is 2.36. The molecule has 25 heavy (non-hydrogen) atoms. The topological polar surface area (TPSA) is 84.3 Å². The number of hydrogen-bond acceptors (Lipinski definition) is 5. The summed E-state index contributed by atoms with van der Waals surface area (Å²) in [6, 6.07) is 3.54. The molecule has 0 aromatic carbocycles. The molecule has 8 heteroatoms. The molecule has 1 unspecified atom stereocenters. The van der Waals surface area contributed by atoms with E-state index in [4.69, 9.17) is 4.74 Å². The number of aliphatic hydroxyl groups is 1. The Balaban J connectivity index is 1.83.